The maximum Gasteiger partial charge on any atom is 0.341 e. The number of aryl methyl sites for hydroxylation is 1. The number of carbonyl (C=O) groups is 2. The standard InChI is InChI=1S/C25H25FN2O5S2/c1-2-33-25(30)23-20-10-6-7-11-21(20)34-24(23)27-22(29)16-28(18-8-4-3-5-9-18)35(31,32)19-14-12-17(26)13-15-19/h3-5,8-9,12-15H,2,6-7,10-11,16H2,1H3,(H,27,29). The summed E-state index contributed by atoms with van der Waals surface area (Å²) in [6, 6.07) is 12.6. The summed E-state index contributed by atoms with van der Waals surface area (Å²) in [5.41, 5.74) is 1.53. The number of thiophene rings is 1. The highest BCUT2D eigenvalue weighted by Crippen LogP contribution is 2.38. The molecule has 0 spiro atoms. The van der Waals surface area contributed by atoms with Crippen molar-refractivity contribution in [2.75, 3.05) is 22.8 Å². The van der Waals surface area contributed by atoms with Crippen molar-refractivity contribution in [3.05, 3.63) is 76.4 Å². The zero-order valence-corrected chi connectivity index (χ0v) is 20.8. The van der Waals surface area contributed by atoms with Gasteiger partial charge >= 0.3 is 5.97 Å². The van der Waals surface area contributed by atoms with Crippen LogP contribution in [-0.2, 0) is 32.4 Å². The summed E-state index contributed by atoms with van der Waals surface area (Å²) in [5, 5.41) is 3.12. The number of sulfonamides is 1. The van der Waals surface area contributed by atoms with Gasteiger partial charge in [0.05, 0.1) is 22.8 Å². The average molecular weight is 517 g/mol. The van der Waals surface area contributed by atoms with Gasteiger partial charge in [-0.25, -0.2) is 17.6 Å². The first-order valence-corrected chi connectivity index (χ1v) is 13.5. The third-order valence-electron chi connectivity index (χ3n) is 5.64. The van der Waals surface area contributed by atoms with E-state index in [4.69, 9.17) is 4.74 Å². The van der Waals surface area contributed by atoms with Crippen molar-refractivity contribution in [2.45, 2.75) is 37.5 Å². The van der Waals surface area contributed by atoms with Crippen LogP contribution in [0.2, 0.25) is 0 Å². The van der Waals surface area contributed by atoms with E-state index in [-0.39, 0.29) is 17.2 Å². The molecule has 35 heavy (non-hydrogen) atoms. The zero-order valence-electron chi connectivity index (χ0n) is 19.1. The number of nitrogens with zero attached hydrogens (tertiary/aromatic N) is 1. The van der Waals surface area contributed by atoms with Crippen LogP contribution in [-0.4, -0.2) is 33.4 Å². The molecule has 0 saturated carbocycles. The molecule has 1 heterocycles. The SMILES string of the molecule is CCOC(=O)c1c(NC(=O)CN(c2ccccc2)S(=O)(=O)c2ccc(F)cc2)sc2c1CCCC2. The van der Waals surface area contributed by atoms with Crippen LogP contribution in [0, 0.1) is 5.82 Å². The molecule has 0 aliphatic heterocycles. The molecule has 1 N–H and O–H groups in total. The summed E-state index contributed by atoms with van der Waals surface area (Å²) >= 11 is 1.33. The second-order valence-corrected chi connectivity index (χ2v) is 11.0. The van der Waals surface area contributed by atoms with E-state index < -0.39 is 34.3 Å². The van der Waals surface area contributed by atoms with Crippen LogP contribution in [0.25, 0.3) is 0 Å². The predicted octanol–water partition coefficient (Wildman–Crippen LogP) is 4.78. The summed E-state index contributed by atoms with van der Waals surface area (Å²) in [6.45, 7) is 1.39. The number of anilines is 2. The third-order valence-corrected chi connectivity index (χ3v) is 8.63. The van der Waals surface area contributed by atoms with Gasteiger partial charge in [0.2, 0.25) is 5.91 Å². The van der Waals surface area contributed by atoms with Crippen LogP contribution in [0.15, 0.2) is 59.5 Å². The largest absolute Gasteiger partial charge is 0.462 e. The Hall–Kier alpha value is -3.24. The Morgan fingerprint density at radius 3 is 2.43 bits per heavy atom. The molecule has 0 bridgehead atoms. The number of fused-ring (bicyclic) bond motifs is 1. The van der Waals surface area contributed by atoms with Crippen molar-refractivity contribution in [2.24, 2.45) is 0 Å². The monoisotopic (exact) mass is 516 g/mol. The van der Waals surface area contributed by atoms with Gasteiger partial charge < -0.3 is 10.1 Å². The van der Waals surface area contributed by atoms with E-state index in [0.717, 1.165) is 64.7 Å². The highest BCUT2D eigenvalue weighted by molar-refractivity contribution is 7.92. The molecule has 0 unspecified atom stereocenters. The van der Waals surface area contributed by atoms with Crippen molar-refractivity contribution in [1.29, 1.82) is 0 Å². The molecule has 1 aliphatic rings. The Morgan fingerprint density at radius 1 is 1.06 bits per heavy atom. The van der Waals surface area contributed by atoms with Crippen molar-refractivity contribution >= 4 is 43.9 Å². The first kappa shape index (κ1) is 24.9. The van der Waals surface area contributed by atoms with Crippen molar-refractivity contribution in [3.8, 4) is 0 Å². The van der Waals surface area contributed by atoms with E-state index in [9.17, 15) is 22.4 Å². The average Bonchev–Trinajstić information content (AvgIpc) is 3.21. The third kappa shape index (κ3) is 5.38. The maximum atomic E-state index is 13.4. The molecule has 2 aromatic carbocycles. The van der Waals surface area contributed by atoms with Crippen molar-refractivity contribution in [1.82, 2.24) is 0 Å². The predicted molar refractivity (Wildman–Crippen MR) is 133 cm³/mol. The minimum Gasteiger partial charge on any atom is -0.462 e. The minimum absolute atomic E-state index is 0.144. The zero-order chi connectivity index (χ0) is 25.0. The van der Waals surface area contributed by atoms with Crippen LogP contribution in [0.1, 0.15) is 40.6 Å². The fourth-order valence-electron chi connectivity index (χ4n) is 4.01. The first-order valence-electron chi connectivity index (χ1n) is 11.3. The summed E-state index contributed by atoms with van der Waals surface area (Å²) in [4.78, 5) is 26.7. The molecule has 1 aliphatic carbocycles. The lowest BCUT2D eigenvalue weighted by Crippen LogP contribution is -2.38. The summed E-state index contributed by atoms with van der Waals surface area (Å²) in [5.74, 6) is -1.68. The Kier molecular flexibility index (Phi) is 7.51. The van der Waals surface area contributed by atoms with E-state index in [2.05, 4.69) is 5.32 Å². The molecule has 1 amide bonds. The lowest BCUT2D eigenvalue weighted by atomic mass is 9.95. The van der Waals surface area contributed by atoms with Gasteiger partial charge in [0.25, 0.3) is 10.0 Å². The van der Waals surface area contributed by atoms with Crippen LogP contribution < -0.4 is 9.62 Å². The number of hydrogen-bond donors (Lipinski definition) is 1. The number of hydrogen-bond acceptors (Lipinski definition) is 6. The van der Waals surface area contributed by atoms with Crippen molar-refractivity contribution in [3.63, 3.8) is 0 Å². The molecule has 0 saturated heterocycles. The molecule has 10 heteroatoms. The van der Waals surface area contributed by atoms with Gasteiger partial charge in [-0.05, 0) is 74.6 Å². The van der Waals surface area contributed by atoms with Crippen LogP contribution in [0.4, 0.5) is 15.1 Å². The first-order chi connectivity index (χ1) is 16.8. The highest BCUT2D eigenvalue weighted by Gasteiger charge is 2.30. The summed E-state index contributed by atoms with van der Waals surface area (Å²) in [7, 11) is -4.18. The van der Waals surface area contributed by atoms with Crippen LogP contribution in [0.3, 0.4) is 0 Å². The van der Waals surface area contributed by atoms with E-state index in [1.807, 2.05) is 0 Å². The number of nitrogens with one attached hydrogen (secondary N) is 1. The molecule has 0 radical (unpaired) electrons. The van der Waals surface area contributed by atoms with Crippen LogP contribution in [0.5, 0.6) is 0 Å². The number of carbonyl (C=O) groups excluding carboxylic acids is 2. The van der Waals surface area contributed by atoms with Crippen LogP contribution >= 0.6 is 11.3 Å². The second-order valence-electron chi connectivity index (χ2n) is 7.98. The molecule has 0 fully saturated rings. The van der Waals surface area contributed by atoms with E-state index in [1.165, 1.54) is 11.3 Å². The number of para-hydroxylation sites is 1. The molecular weight excluding hydrogens is 491 g/mol. The van der Waals surface area contributed by atoms with Gasteiger partial charge in [-0.3, -0.25) is 9.10 Å². The topological polar surface area (TPSA) is 92.8 Å². The van der Waals surface area contributed by atoms with Gasteiger partial charge in [0.15, 0.2) is 0 Å². The molecule has 3 aromatic rings. The summed E-state index contributed by atoms with van der Waals surface area (Å²) in [6.07, 6.45) is 3.49. The fourth-order valence-corrected chi connectivity index (χ4v) is 6.73. The Morgan fingerprint density at radius 2 is 1.74 bits per heavy atom. The molecule has 184 valence electrons. The summed E-state index contributed by atoms with van der Waals surface area (Å²) < 4.78 is 46.4. The normalized spacial score (nSPS) is 13.1. The molecule has 0 atom stereocenters. The van der Waals surface area contributed by atoms with Gasteiger partial charge in [0.1, 0.15) is 17.4 Å². The number of amides is 1. The minimum atomic E-state index is -4.18. The maximum absolute atomic E-state index is 13.4. The number of ether oxygens (including phenoxy) is 1. The lowest BCUT2D eigenvalue weighted by Gasteiger charge is -2.24. The Bertz CT molecular complexity index is 1320. The molecule has 7 nitrogen and oxygen atoms in total. The number of benzene rings is 2. The number of esters is 1. The lowest BCUT2D eigenvalue weighted by molar-refractivity contribution is -0.114. The number of halogens is 1. The van der Waals surface area contributed by atoms with Gasteiger partial charge in [0, 0.05) is 4.88 Å². The fraction of sp³-hybridized carbons (Fsp3) is 0.280. The van der Waals surface area contributed by atoms with Gasteiger partial charge in [-0.2, -0.15) is 0 Å². The molecule has 1 aromatic heterocycles. The molecular formula is C25H25FN2O5S2. The second kappa shape index (κ2) is 10.6. The Labute approximate surface area is 207 Å². The Balaban J connectivity index is 1.65. The highest BCUT2D eigenvalue weighted by atomic mass is 32.2. The van der Waals surface area contributed by atoms with E-state index in [0.29, 0.717) is 10.6 Å². The molecule has 4 rings (SSSR count). The smallest absolute Gasteiger partial charge is 0.341 e. The van der Waals surface area contributed by atoms with Crippen molar-refractivity contribution < 1.29 is 27.1 Å². The van der Waals surface area contributed by atoms with E-state index >= 15 is 0 Å². The number of rotatable bonds is 8. The van der Waals surface area contributed by atoms with Gasteiger partial charge in [-0.1, -0.05) is 18.2 Å². The van der Waals surface area contributed by atoms with Gasteiger partial charge in [-0.15, -0.1) is 11.3 Å². The quantitative estimate of drug-likeness (QED) is 0.435. The van der Waals surface area contributed by atoms with E-state index in [1.54, 1.807) is 37.3 Å².